The molecule has 2 unspecified atom stereocenters. The summed E-state index contributed by atoms with van der Waals surface area (Å²) in [6.07, 6.45) is 3.69. The standard InChI is InChI=1S/C14H24N4.C4H3NO2/c1-11(2)7-13(5,9-15)17-18-14(6,10-16)8-12(3)4;6-3-1-2-4(7)5-3/h11-12H,7-8H2,1-6H3;1-2H,(H,5,6,7). The number of carbonyl (C=O) groups is 2. The summed E-state index contributed by atoms with van der Waals surface area (Å²) in [5.74, 6) is 0.0779. The van der Waals surface area contributed by atoms with Gasteiger partial charge in [0.15, 0.2) is 11.1 Å². The quantitative estimate of drug-likeness (QED) is 0.586. The van der Waals surface area contributed by atoms with Crippen LogP contribution in [0.1, 0.15) is 54.4 Å². The van der Waals surface area contributed by atoms with Crippen molar-refractivity contribution in [3.63, 3.8) is 0 Å². The van der Waals surface area contributed by atoms with Crippen LogP contribution in [0.2, 0.25) is 0 Å². The molecule has 0 spiro atoms. The minimum Gasteiger partial charge on any atom is -0.289 e. The molecule has 0 aromatic heterocycles. The van der Waals surface area contributed by atoms with Crippen molar-refractivity contribution in [3.05, 3.63) is 12.2 Å². The lowest BCUT2D eigenvalue weighted by atomic mass is 9.92. The molecule has 0 aliphatic carbocycles. The number of azo groups is 1. The van der Waals surface area contributed by atoms with Crippen molar-refractivity contribution in [2.75, 3.05) is 0 Å². The molecular weight excluding hydrogens is 318 g/mol. The fraction of sp³-hybridized carbons (Fsp3) is 0.667. The lowest BCUT2D eigenvalue weighted by Gasteiger charge is -2.22. The summed E-state index contributed by atoms with van der Waals surface area (Å²) in [4.78, 5) is 20.1. The van der Waals surface area contributed by atoms with Gasteiger partial charge < -0.3 is 0 Å². The summed E-state index contributed by atoms with van der Waals surface area (Å²) in [5, 5.41) is 28.7. The number of rotatable bonds is 6. The molecule has 1 rings (SSSR count). The van der Waals surface area contributed by atoms with Crippen LogP contribution < -0.4 is 5.32 Å². The molecule has 1 N–H and O–H groups in total. The highest BCUT2D eigenvalue weighted by molar-refractivity contribution is 6.12. The third-order valence-corrected chi connectivity index (χ3v) is 3.22. The second-order valence-corrected chi connectivity index (χ2v) is 7.35. The summed E-state index contributed by atoms with van der Waals surface area (Å²) in [7, 11) is 0. The van der Waals surface area contributed by atoms with Gasteiger partial charge in [-0.05, 0) is 38.5 Å². The Labute approximate surface area is 149 Å². The molecule has 2 amide bonds. The van der Waals surface area contributed by atoms with Gasteiger partial charge in [0.05, 0.1) is 12.1 Å². The molecule has 25 heavy (non-hydrogen) atoms. The molecule has 2 atom stereocenters. The second-order valence-electron chi connectivity index (χ2n) is 7.35. The number of nitriles is 2. The van der Waals surface area contributed by atoms with Crippen LogP contribution in [-0.2, 0) is 9.59 Å². The lowest BCUT2D eigenvalue weighted by molar-refractivity contribution is -0.123. The normalized spacial score (nSPS) is 18.2. The minimum atomic E-state index is -0.830. The van der Waals surface area contributed by atoms with Gasteiger partial charge in [0.1, 0.15) is 0 Å². The Hall–Kier alpha value is -2.54. The number of hydrogen-bond acceptors (Lipinski definition) is 6. The maximum absolute atomic E-state index is 10.0. The van der Waals surface area contributed by atoms with Crippen molar-refractivity contribution in [2.24, 2.45) is 22.1 Å². The molecule has 1 aliphatic rings. The van der Waals surface area contributed by atoms with Crippen LogP contribution >= 0.6 is 0 Å². The maximum atomic E-state index is 10.0. The van der Waals surface area contributed by atoms with Gasteiger partial charge >= 0.3 is 0 Å². The van der Waals surface area contributed by atoms with Crippen molar-refractivity contribution in [1.29, 1.82) is 10.5 Å². The summed E-state index contributed by atoms with van der Waals surface area (Å²) >= 11 is 0. The molecule has 0 fully saturated rings. The van der Waals surface area contributed by atoms with Crippen molar-refractivity contribution in [3.8, 4) is 12.1 Å². The molecule has 0 aromatic carbocycles. The van der Waals surface area contributed by atoms with Crippen LogP contribution in [0.15, 0.2) is 22.4 Å². The van der Waals surface area contributed by atoms with Gasteiger partial charge in [0.25, 0.3) is 11.8 Å². The first kappa shape index (κ1) is 22.5. The van der Waals surface area contributed by atoms with E-state index < -0.39 is 11.1 Å². The molecule has 136 valence electrons. The zero-order chi connectivity index (χ0) is 19.7. The molecule has 0 bridgehead atoms. The number of imide groups is 1. The first-order chi connectivity index (χ1) is 11.4. The first-order valence-corrected chi connectivity index (χ1v) is 8.25. The first-order valence-electron chi connectivity index (χ1n) is 8.25. The van der Waals surface area contributed by atoms with Crippen molar-refractivity contribution in [1.82, 2.24) is 5.32 Å². The molecule has 0 radical (unpaired) electrons. The summed E-state index contributed by atoms with van der Waals surface area (Å²) in [6, 6.07) is 4.38. The van der Waals surface area contributed by atoms with Crippen LogP contribution in [0.4, 0.5) is 0 Å². The average Bonchev–Trinajstić information content (AvgIpc) is 2.88. The van der Waals surface area contributed by atoms with E-state index in [0.29, 0.717) is 24.7 Å². The third-order valence-electron chi connectivity index (χ3n) is 3.22. The smallest absolute Gasteiger partial charge is 0.250 e. The summed E-state index contributed by atoms with van der Waals surface area (Å²) in [6.45, 7) is 11.7. The van der Waals surface area contributed by atoms with Gasteiger partial charge in [-0.2, -0.15) is 20.8 Å². The fourth-order valence-electron chi connectivity index (χ4n) is 2.38. The van der Waals surface area contributed by atoms with E-state index in [1.807, 2.05) is 33.0 Å². The van der Waals surface area contributed by atoms with E-state index in [9.17, 15) is 20.1 Å². The molecule has 0 aromatic rings. The van der Waals surface area contributed by atoms with Crippen molar-refractivity contribution < 1.29 is 9.59 Å². The lowest BCUT2D eigenvalue weighted by Crippen LogP contribution is -2.26. The highest BCUT2D eigenvalue weighted by Crippen LogP contribution is 2.25. The zero-order valence-electron chi connectivity index (χ0n) is 15.8. The number of amides is 2. The van der Waals surface area contributed by atoms with Gasteiger partial charge in [-0.1, -0.05) is 27.7 Å². The summed E-state index contributed by atoms with van der Waals surface area (Å²) in [5.41, 5.74) is -1.66. The van der Waals surface area contributed by atoms with Crippen LogP contribution in [0.25, 0.3) is 0 Å². The van der Waals surface area contributed by atoms with Crippen molar-refractivity contribution >= 4 is 11.8 Å². The summed E-state index contributed by atoms with van der Waals surface area (Å²) < 4.78 is 0. The average molecular weight is 345 g/mol. The number of nitrogens with zero attached hydrogens (tertiary/aromatic N) is 4. The van der Waals surface area contributed by atoms with Gasteiger partial charge in [0.2, 0.25) is 0 Å². The zero-order valence-corrected chi connectivity index (χ0v) is 15.8. The Morgan fingerprint density at radius 1 is 0.920 bits per heavy atom. The fourth-order valence-corrected chi connectivity index (χ4v) is 2.38. The van der Waals surface area contributed by atoms with E-state index in [2.05, 4.69) is 22.4 Å². The molecule has 1 heterocycles. The molecule has 7 heteroatoms. The monoisotopic (exact) mass is 345 g/mol. The number of nitrogens with one attached hydrogen (secondary N) is 1. The Morgan fingerprint density at radius 3 is 1.40 bits per heavy atom. The SMILES string of the molecule is CC(C)CC(C)(C#N)N=NC(C)(C#N)CC(C)C.O=C1C=CC(=O)N1. The predicted octanol–water partition coefficient (Wildman–Crippen LogP) is 3.29. The van der Waals surface area contributed by atoms with Gasteiger partial charge in [-0.25, -0.2) is 0 Å². The molecule has 1 aliphatic heterocycles. The topological polar surface area (TPSA) is 118 Å². The molecule has 0 saturated carbocycles. The Balaban J connectivity index is 0.000000676. The molecular formula is C18H27N5O2. The van der Waals surface area contributed by atoms with E-state index in [1.54, 1.807) is 13.8 Å². The number of hydrogen-bond donors (Lipinski definition) is 1. The van der Waals surface area contributed by atoms with Gasteiger partial charge in [0, 0.05) is 12.2 Å². The Bertz CT molecular complexity index is 572. The van der Waals surface area contributed by atoms with E-state index in [4.69, 9.17) is 0 Å². The number of carbonyl (C=O) groups excluding carboxylic acids is 2. The Kier molecular flexibility index (Phi) is 8.70. The van der Waals surface area contributed by atoms with Crippen LogP contribution in [0.3, 0.4) is 0 Å². The van der Waals surface area contributed by atoms with Gasteiger partial charge in [-0.3, -0.25) is 14.9 Å². The second kappa shape index (κ2) is 9.68. The van der Waals surface area contributed by atoms with E-state index in [-0.39, 0.29) is 11.8 Å². The third kappa shape index (κ3) is 9.36. The largest absolute Gasteiger partial charge is 0.289 e. The van der Waals surface area contributed by atoms with E-state index in [1.165, 1.54) is 12.2 Å². The van der Waals surface area contributed by atoms with Crippen molar-refractivity contribution in [2.45, 2.75) is 65.5 Å². The Morgan fingerprint density at radius 2 is 1.24 bits per heavy atom. The van der Waals surface area contributed by atoms with E-state index in [0.717, 1.165) is 0 Å². The highest BCUT2D eigenvalue weighted by atomic mass is 16.2. The van der Waals surface area contributed by atoms with Crippen LogP contribution in [-0.4, -0.2) is 22.9 Å². The van der Waals surface area contributed by atoms with Crippen LogP contribution in [0.5, 0.6) is 0 Å². The highest BCUT2D eigenvalue weighted by Gasteiger charge is 2.29. The van der Waals surface area contributed by atoms with E-state index >= 15 is 0 Å². The maximum Gasteiger partial charge on any atom is 0.250 e. The van der Waals surface area contributed by atoms with Gasteiger partial charge in [-0.15, -0.1) is 0 Å². The molecule has 7 nitrogen and oxygen atoms in total. The van der Waals surface area contributed by atoms with Crippen LogP contribution in [0, 0.1) is 34.5 Å². The minimum absolute atomic E-state index is 0.329. The molecule has 0 saturated heterocycles. The predicted molar refractivity (Wildman–Crippen MR) is 94.1 cm³/mol.